The van der Waals surface area contributed by atoms with Gasteiger partial charge in [-0.1, -0.05) is 48.3 Å². The molecule has 3 aromatic rings. The molecule has 9 heteroatoms. The Labute approximate surface area is 196 Å². The zero-order valence-electron chi connectivity index (χ0n) is 17.6. The number of carbonyl (C=O) groups excluding carboxylic acids is 1. The van der Waals surface area contributed by atoms with E-state index in [0.717, 1.165) is 17.5 Å². The van der Waals surface area contributed by atoms with E-state index < -0.39 is 6.04 Å². The predicted molar refractivity (Wildman–Crippen MR) is 123 cm³/mol. The monoisotopic (exact) mass is 472 g/mol. The van der Waals surface area contributed by atoms with Crippen LogP contribution in [0.25, 0.3) is 0 Å². The largest absolute Gasteiger partial charge is 0.489 e. The molecule has 4 rings (SSSR count). The molecule has 0 aliphatic carbocycles. The average molecular weight is 473 g/mol. The lowest BCUT2D eigenvalue weighted by Crippen LogP contribution is -2.29. The number of hydrogen-bond acceptors (Lipinski definition) is 6. The van der Waals surface area contributed by atoms with E-state index >= 15 is 0 Å². The number of allylic oxidation sites excluding steroid dienone is 1. The normalized spacial score (nSPS) is 15.2. The Bertz CT molecular complexity index is 1140. The molecule has 0 saturated heterocycles. The lowest BCUT2D eigenvalue weighted by molar-refractivity contribution is -0.139. The third-order valence-electron chi connectivity index (χ3n) is 5.09. The smallest absolute Gasteiger partial charge is 0.338 e. The van der Waals surface area contributed by atoms with Crippen molar-refractivity contribution in [1.82, 2.24) is 14.8 Å². The van der Waals surface area contributed by atoms with Gasteiger partial charge in [-0.3, -0.25) is 0 Å². The summed E-state index contributed by atoms with van der Waals surface area (Å²) in [7, 11) is 0. The molecule has 0 spiro atoms. The SMILES string of the molecule is CCCOC(=O)C1=C(C)Nc2ncnn2C1c1ccc(OCc2c(Cl)cccc2Cl)cc1. The first-order chi connectivity index (χ1) is 15.5. The van der Waals surface area contributed by atoms with Gasteiger partial charge in [-0.05, 0) is 43.2 Å². The van der Waals surface area contributed by atoms with Crippen molar-refractivity contribution >= 4 is 35.1 Å². The minimum absolute atomic E-state index is 0.242. The first kappa shape index (κ1) is 22.2. The Morgan fingerprint density at radius 2 is 1.88 bits per heavy atom. The van der Waals surface area contributed by atoms with Gasteiger partial charge in [0.15, 0.2) is 0 Å². The Morgan fingerprint density at radius 1 is 1.16 bits per heavy atom. The molecule has 0 bridgehead atoms. The highest BCUT2D eigenvalue weighted by molar-refractivity contribution is 6.35. The topological polar surface area (TPSA) is 78.3 Å². The average Bonchev–Trinajstić information content (AvgIpc) is 3.24. The number of nitrogens with zero attached hydrogens (tertiary/aromatic N) is 3. The van der Waals surface area contributed by atoms with Crippen molar-refractivity contribution in [1.29, 1.82) is 0 Å². The molecule has 2 heterocycles. The minimum atomic E-state index is -0.467. The summed E-state index contributed by atoms with van der Waals surface area (Å²) in [6.45, 7) is 4.38. The molecule has 1 aromatic heterocycles. The summed E-state index contributed by atoms with van der Waals surface area (Å²) >= 11 is 12.4. The van der Waals surface area contributed by atoms with E-state index in [-0.39, 0.29) is 12.6 Å². The van der Waals surface area contributed by atoms with Crippen molar-refractivity contribution in [2.45, 2.75) is 32.9 Å². The standard InChI is InChI=1S/C23H22Cl2N4O3/c1-3-11-31-22(30)20-14(2)28-23-26-13-27-29(23)21(20)15-7-9-16(10-8-15)32-12-17-18(24)5-4-6-19(17)25/h4-10,13,21H,3,11-12H2,1-2H3,(H,26,27,28). The van der Waals surface area contributed by atoms with Crippen molar-refractivity contribution < 1.29 is 14.3 Å². The highest BCUT2D eigenvalue weighted by Gasteiger charge is 2.34. The van der Waals surface area contributed by atoms with Gasteiger partial charge >= 0.3 is 5.97 Å². The highest BCUT2D eigenvalue weighted by Crippen LogP contribution is 2.36. The summed E-state index contributed by atoms with van der Waals surface area (Å²) in [6, 6.07) is 12.3. The van der Waals surface area contributed by atoms with E-state index in [1.165, 1.54) is 6.33 Å². The molecule has 0 radical (unpaired) electrons. The van der Waals surface area contributed by atoms with Crippen molar-refractivity contribution in [3.05, 3.63) is 81.2 Å². The number of anilines is 1. The van der Waals surface area contributed by atoms with Crippen LogP contribution in [-0.2, 0) is 16.1 Å². The van der Waals surface area contributed by atoms with Gasteiger partial charge in [-0.25, -0.2) is 9.48 Å². The summed E-state index contributed by atoms with van der Waals surface area (Å²) in [6.07, 6.45) is 2.19. The summed E-state index contributed by atoms with van der Waals surface area (Å²) in [5.41, 5.74) is 2.76. The minimum Gasteiger partial charge on any atom is -0.489 e. The summed E-state index contributed by atoms with van der Waals surface area (Å²) in [5, 5.41) is 8.55. The lowest BCUT2D eigenvalue weighted by Gasteiger charge is -2.28. The van der Waals surface area contributed by atoms with Crippen LogP contribution in [0.1, 0.15) is 37.4 Å². The number of esters is 1. The number of benzene rings is 2. The molecule has 0 amide bonds. The van der Waals surface area contributed by atoms with E-state index in [0.29, 0.717) is 39.6 Å². The summed E-state index contributed by atoms with van der Waals surface area (Å²) in [5.74, 6) is 0.832. The molecule has 1 aliphatic rings. The van der Waals surface area contributed by atoms with Crippen LogP contribution in [0.5, 0.6) is 5.75 Å². The van der Waals surface area contributed by atoms with Gasteiger partial charge in [-0.15, -0.1) is 0 Å². The summed E-state index contributed by atoms with van der Waals surface area (Å²) in [4.78, 5) is 17.1. The number of hydrogen-bond donors (Lipinski definition) is 1. The first-order valence-electron chi connectivity index (χ1n) is 10.2. The molecule has 1 unspecified atom stereocenters. The zero-order valence-corrected chi connectivity index (χ0v) is 19.2. The van der Waals surface area contributed by atoms with Gasteiger partial charge < -0.3 is 14.8 Å². The first-order valence-corrected chi connectivity index (χ1v) is 10.9. The maximum absolute atomic E-state index is 12.8. The molecule has 0 fully saturated rings. The molecular formula is C23H22Cl2N4O3. The second kappa shape index (κ2) is 9.63. The Kier molecular flexibility index (Phi) is 6.67. The molecule has 7 nitrogen and oxygen atoms in total. The van der Waals surface area contributed by atoms with Crippen molar-refractivity contribution in [2.24, 2.45) is 0 Å². The summed E-state index contributed by atoms with van der Waals surface area (Å²) < 4.78 is 13.0. The van der Waals surface area contributed by atoms with Gasteiger partial charge in [0.25, 0.3) is 0 Å². The highest BCUT2D eigenvalue weighted by atomic mass is 35.5. The maximum Gasteiger partial charge on any atom is 0.338 e. The van der Waals surface area contributed by atoms with Crippen LogP contribution in [0.15, 0.2) is 60.1 Å². The van der Waals surface area contributed by atoms with Gasteiger partial charge in [-0.2, -0.15) is 10.1 Å². The van der Waals surface area contributed by atoms with Crippen LogP contribution in [0.2, 0.25) is 10.0 Å². The molecule has 1 N–H and O–H groups in total. The van der Waals surface area contributed by atoms with E-state index in [9.17, 15) is 4.79 Å². The fourth-order valence-electron chi connectivity index (χ4n) is 3.51. The fourth-order valence-corrected chi connectivity index (χ4v) is 4.01. The number of carbonyl (C=O) groups is 1. The van der Waals surface area contributed by atoms with Crippen LogP contribution in [0.3, 0.4) is 0 Å². The van der Waals surface area contributed by atoms with Crippen molar-refractivity contribution in [2.75, 3.05) is 11.9 Å². The number of fused-ring (bicyclic) bond motifs is 1. The van der Waals surface area contributed by atoms with Crippen LogP contribution >= 0.6 is 23.2 Å². The third-order valence-corrected chi connectivity index (χ3v) is 5.80. The molecule has 1 aliphatic heterocycles. The number of ether oxygens (including phenoxy) is 2. The Hall–Kier alpha value is -3.03. The van der Waals surface area contributed by atoms with Gasteiger partial charge in [0.05, 0.1) is 12.2 Å². The van der Waals surface area contributed by atoms with Gasteiger partial charge in [0.2, 0.25) is 5.95 Å². The number of aromatic nitrogens is 3. The third kappa shape index (κ3) is 4.45. The van der Waals surface area contributed by atoms with Gasteiger partial charge in [0, 0.05) is 21.3 Å². The van der Waals surface area contributed by atoms with E-state index in [1.54, 1.807) is 22.9 Å². The van der Waals surface area contributed by atoms with Crippen LogP contribution in [-0.4, -0.2) is 27.3 Å². The van der Waals surface area contributed by atoms with Gasteiger partial charge in [0.1, 0.15) is 24.7 Å². The number of halogens is 2. The lowest BCUT2D eigenvalue weighted by atomic mass is 9.96. The number of rotatable bonds is 7. The van der Waals surface area contributed by atoms with E-state index in [2.05, 4.69) is 15.4 Å². The molecule has 0 saturated carbocycles. The number of nitrogens with one attached hydrogen (secondary N) is 1. The molecule has 32 heavy (non-hydrogen) atoms. The van der Waals surface area contributed by atoms with Crippen LogP contribution in [0.4, 0.5) is 5.95 Å². The Balaban J connectivity index is 1.59. The second-order valence-corrected chi connectivity index (χ2v) is 8.10. The molecule has 166 valence electrons. The predicted octanol–water partition coefficient (Wildman–Crippen LogP) is 5.41. The van der Waals surface area contributed by atoms with Crippen molar-refractivity contribution in [3.8, 4) is 5.75 Å². The zero-order chi connectivity index (χ0) is 22.7. The maximum atomic E-state index is 12.8. The van der Waals surface area contributed by atoms with E-state index in [4.69, 9.17) is 32.7 Å². The molecule has 2 aromatic carbocycles. The fraction of sp³-hybridized carbons (Fsp3) is 0.261. The second-order valence-electron chi connectivity index (χ2n) is 7.29. The molecule has 1 atom stereocenters. The van der Waals surface area contributed by atoms with E-state index in [1.807, 2.05) is 38.1 Å². The molecular weight excluding hydrogens is 451 g/mol. The van der Waals surface area contributed by atoms with Crippen LogP contribution in [0, 0.1) is 0 Å². The van der Waals surface area contributed by atoms with Crippen LogP contribution < -0.4 is 10.1 Å². The Morgan fingerprint density at radius 3 is 2.56 bits per heavy atom. The quantitative estimate of drug-likeness (QED) is 0.463. The van der Waals surface area contributed by atoms with Crippen molar-refractivity contribution in [3.63, 3.8) is 0 Å².